The Morgan fingerprint density at radius 2 is 1.48 bits per heavy atom. The molecule has 14 heteroatoms. The van der Waals surface area contributed by atoms with E-state index < -0.39 is 23.5 Å². The number of anilines is 4. The summed E-state index contributed by atoms with van der Waals surface area (Å²) in [5.41, 5.74) is 0.541. The summed E-state index contributed by atoms with van der Waals surface area (Å²) < 4.78 is 77.9. The van der Waals surface area contributed by atoms with Gasteiger partial charge in [-0.05, 0) is 24.3 Å². The summed E-state index contributed by atoms with van der Waals surface area (Å²) in [4.78, 5) is 11.9. The van der Waals surface area contributed by atoms with Crippen molar-refractivity contribution >= 4 is 42.2 Å². The van der Waals surface area contributed by atoms with Crippen LogP contribution in [0, 0.1) is 0 Å². The first kappa shape index (κ1) is 25.6. The van der Waals surface area contributed by atoms with Crippen molar-refractivity contribution in [1.29, 1.82) is 0 Å². The number of hydrogen-bond donors (Lipinski definition) is 3. The van der Waals surface area contributed by atoms with E-state index in [2.05, 4.69) is 36.1 Å². The molecule has 3 aromatic rings. The second-order valence-corrected chi connectivity index (χ2v) is 6.21. The number of nitrogens with one attached hydrogen (secondary N) is 3. The van der Waals surface area contributed by atoms with Crippen LogP contribution < -0.4 is 16.1 Å². The average Bonchev–Trinajstić information content (AvgIpc) is 2.73. The molecule has 3 N–H and O–H groups in total. The highest BCUT2D eigenvalue weighted by Gasteiger charge is 2.32. The number of hydrazone groups is 1. The molecule has 0 atom stereocenters. The Hall–Kier alpha value is -3.61. The number of hydrogen-bond acceptors (Lipinski definition) is 7. The minimum atomic E-state index is -4.56. The van der Waals surface area contributed by atoms with E-state index in [0.29, 0.717) is 0 Å². The Balaban J connectivity index is 0.00000385. The van der Waals surface area contributed by atoms with Crippen LogP contribution in [0.1, 0.15) is 16.7 Å². The third kappa shape index (κ3) is 6.94. The Kier molecular flexibility index (Phi) is 8.03. The van der Waals surface area contributed by atoms with Crippen LogP contribution in [-0.4, -0.2) is 28.2 Å². The number of nitrogens with zero attached hydrogens (tertiary/aromatic N) is 4. The minimum Gasteiger partial charge on any atom is -0.357 e. The highest BCUT2D eigenvalue weighted by atomic mass is 35.5. The van der Waals surface area contributed by atoms with E-state index in [1.54, 1.807) is 0 Å². The van der Waals surface area contributed by atoms with Crippen LogP contribution in [0.4, 0.5) is 49.9 Å². The molecule has 1 aromatic heterocycles. The molecule has 0 bridgehead atoms. The number of benzene rings is 2. The molecule has 2 aromatic carbocycles. The van der Waals surface area contributed by atoms with E-state index in [4.69, 9.17) is 0 Å². The van der Waals surface area contributed by atoms with Gasteiger partial charge in [0.15, 0.2) is 0 Å². The summed E-state index contributed by atoms with van der Waals surface area (Å²) in [6.07, 6.45) is -8.14. The first-order valence-electron chi connectivity index (χ1n) is 8.89. The molecule has 0 radical (unpaired) electrons. The van der Waals surface area contributed by atoms with Crippen LogP contribution in [0.3, 0.4) is 0 Å². The quantitative estimate of drug-likeness (QED) is 0.238. The lowest BCUT2D eigenvalue weighted by molar-refractivity contribution is -0.138. The van der Waals surface area contributed by atoms with E-state index in [1.165, 1.54) is 37.4 Å². The summed E-state index contributed by atoms with van der Waals surface area (Å²) in [5, 5.41) is 8.99. The van der Waals surface area contributed by atoms with Crippen molar-refractivity contribution in [1.82, 2.24) is 15.0 Å². The number of rotatable bonds is 6. The summed E-state index contributed by atoms with van der Waals surface area (Å²) in [5.74, 6) is -0.223. The van der Waals surface area contributed by atoms with Gasteiger partial charge in [0.25, 0.3) is 0 Å². The molecular weight excluding hydrogens is 476 g/mol. The second-order valence-electron chi connectivity index (χ2n) is 6.21. The van der Waals surface area contributed by atoms with E-state index in [1.807, 2.05) is 0 Å². The molecule has 0 fully saturated rings. The molecule has 33 heavy (non-hydrogen) atoms. The molecule has 7 nitrogen and oxygen atoms in total. The van der Waals surface area contributed by atoms with Crippen molar-refractivity contribution in [2.75, 3.05) is 23.1 Å². The Morgan fingerprint density at radius 1 is 0.818 bits per heavy atom. The van der Waals surface area contributed by atoms with Crippen molar-refractivity contribution in [2.45, 2.75) is 12.4 Å². The second kappa shape index (κ2) is 10.3. The van der Waals surface area contributed by atoms with Gasteiger partial charge >= 0.3 is 12.4 Å². The monoisotopic (exact) mass is 491 g/mol. The third-order valence-electron chi connectivity index (χ3n) is 3.94. The van der Waals surface area contributed by atoms with Crippen molar-refractivity contribution < 1.29 is 26.3 Å². The van der Waals surface area contributed by atoms with Gasteiger partial charge in [-0.15, -0.1) is 12.4 Å². The zero-order chi connectivity index (χ0) is 23.4. The molecule has 0 aliphatic rings. The van der Waals surface area contributed by atoms with E-state index >= 15 is 0 Å². The topological polar surface area (TPSA) is 87.1 Å². The standard InChI is InChI=1S/C19H15F6N7.ClH/c1-26-15-29-16(28-13-7-4-6-12(9-13)18(20,21)22)31-17(30-15)32-27-10-11-5-2-3-8-14(11)19(23,24)25;/h2-10H,1H3,(H3,26,28,29,30,31,32);1H. The molecule has 0 amide bonds. The SMILES string of the molecule is CNc1nc(NN=Cc2ccccc2C(F)(F)F)nc(Nc2cccc(C(F)(F)F)c2)n1.Cl. The molecule has 3 rings (SSSR count). The molecule has 0 saturated heterocycles. The molecule has 0 aliphatic heterocycles. The highest BCUT2D eigenvalue weighted by molar-refractivity contribution is 5.85. The molecule has 0 unspecified atom stereocenters. The van der Waals surface area contributed by atoms with Gasteiger partial charge in [0, 0.05) is 18.3 Å². The van der Waals surface area contributed by atoms with Crippen LogP contribution in [0.2, 0.25) is 0 Å². The molecule has 0 aliphatic carbocycles. The van der Waals surface area contributed by atoms with Gasteiger partial charge in [-0.25, -0.2) is 5.43 Å². The van der Waals surface area contributed by atoms with E-state index in [-0.39, 0.29) is 41.5 Å². The normalized spacial score (nSPS) is 11.7. The van der Waals surface area contributed by atoms with Gasteiger partial charge in [0.05, 0.1) is 17.3 Å². The predicted molar refractivity (Wildman–Crippen MR) is 114 cm³/mol. The fraction of sp³-hybridized carbons (Fsp3) is 0.158. The fourth-order valence-corrected chi connectivity index (χ4v) is 2.52. The van der Waals surface area contributed by atoms with Gasteiger partial charge in [-0.2, -0.15) is 46.4 Å². The van der Waals surface area contributed by atoms with Crippen LogP contribution in [0.5, 0.6) is 0 Å². The van der Waals surface area contributed by atoms with Crippen LogP contribution >= 0.6 is 12.4 Å². The molecule has 176 valence electrons. The zero-order valence-corrected chi connectivity index (χ0v) is 17.5. The van der Waals surface area contributed by atoms with Crippen LogP contribution in [0.25, 0.3) is 0 Å². The van der Waals surface area contributed by atoms with Gasteiger partial charge < -0.3 is 10.6 Å². The summed E-state index contributed by atoms with van der Waals surface area (Å²) in [6, 6.07) is 9.23. The maximum absolute atomic E-state index is 13.1. The van der Waals surface area contributed by atoms with Crippen molar-refractivity contribution in [3.05, 3.63) is 65.2 Å². The maximum atomic E-state index is 13.1. The summed E-state index contributed by atoms with van der Waals surface area (Å²) in [6.45, 7) is 0. The van der Waals surface area contributed by atoms with Gasteiger partial charge in [-0.3, -0.25) is 0 Å². The number of halogens is 7. The number of aromatic nitrogens is 3. The predicted octanol–water partition coefficient (Wildman–Crippen LogP) is 5.56. The lowest BCUT2D eigenvalue weighted by Crippen LogP contribution is -2.10. The Morgan fingerprint density at radius 3 is 2.15 bits per heavy atom. The highest BCUT2D eigenvalue weighted by Crippen LogP contribution is 2.32. The van der Waals surface area contributed by atoms with Crippen LogP contribution in [0.15, 0.2) is 53.6 Å². The Labute approximate surface area is 189 Å². The third-order valence-corrected chi connectivity index (χ3v) is 3.94. The summed E-state index contributed by atoms with van der Waals surface area (Å²) >= 11 is 0. The first-order valence-corrected chi connectivity index (χ1v) is 8.89. The van der Waals surface area contributed by atoms with Crippen molar-refractivity contribution in [3.63, 3.8) is 0 Å². The smallest absolute Gasteiger partial charge is 0.357 e. The van der Waals surface area contributed by atoms with Crippen molar-refractivity contribution in [3.8, 4) is 0 Å². The van der Waals surface area contributed by atoms with Crippen molar-refractivity contribution in [2.24, 2.45) is 5.10 Å². The first-order chi connectivity index (χ1) is 15.1. The lowest BCUT2D eigenvalue weighted by atomic mass is 10.1. The minimum absolute atomic E-state index is 0. The van der Waals surface area contributed by atoms with Gasteiger partial charge in [0.1, 0.15) is 0 Å². The Bertz CT molecular complexity index is 1120. The molecule has 0 spiro atoms. The summed E-state index contributed by atoms with van der Waals surface area (Å²) in [7, 11) is 1.50. The average molecular weight is 492 g/mol. The van der Waals surface area contributed by atoms with E-state index in [0.717, 1.165) is 24.4 Å². The molecule has 1 heterocycles. The molecule has 0 saturated carbocycles. The number of alkyl halides is 6. The van der Waals surface area contributed by atoms with Gasteiger partial charge in [0.2, 0.25) is 17.8 Å². The van der Waals surface area contributed by atoms with E-state index in [9.17, 15) is 26.3 Å². The lowest BCUT2D eigenvalue weighted by Gasteiger charge is -2.11. The maximum Gasteiger partial charge on any atom is 0.417 e. The zero-order valence-electron chi connectivity index (χ0n) is 16.7. The van der Waals surface area contributed by atoms with Gasteiger partial charge in [-0.1, -0.05) is 24.3 Å². The molecular formula is C19H16ClF6N7. The fourth-order valence-electron chi connectivity index (χ4n) is 2.52. The largest absolute Gasteiger partial charge is 0.417 e. The van der Waals surface area contributed by atoms with Crippen LogP contribution in [-0.2, 0) is 12.4 Å².